The second-order valence-corrected chi connectivity index (χ2v) is 6.07. The Kier molecular flexibility index (Phi) is 6.02. The zero-order valence-corrected chi connectivity index (χ0v) is 12.8. The first kappa shape index (κ1) is 15.5. The van der Waals surface area contributed by atoms with E-state index in [1.807, 2.05) is 0 Å². The molecule has 0 saturated carbocycles. The number of piperidine rings is 1. The molecule has 0 spiro atoms. The molecule has 1 aromatic rings. The maximum absolute atomic E-state index is 9.26. The average molecular weight is 276 g/mol. The van der Waals surface area contributed by atoms with E-state index < -0.39 is 0 Å². The van der Waals surface area contributed by atoms with Gasteiger partial charge in [-0.1, -0.05) is 30.3 Å². The fourth-order valence-electron chi connectivity index (χ4n) is 3.26. The van der Waals surface area contributed by atoms with Gasteiger partial charge in [0.15, 0.2) is 0 Å². The van der Waals surface area contributed by atoms with Crippen molar-refractivity contribution in [3.05, 3.63) is 35.9 Å². The lowest BCUT2D eigenvalue weighted by Crippen LogP contribution is -2.51. The summed E-state index contributed by atoms with van der Waals surface area (Å²) in [4.78, 5) is 5.01. The van der Waals surface area contributed by atoms with E-state index in [1.165, 1.54) is 24.9 Å². The molecule has 0 unspecified atom stereocenters. The van der Waals surface area contributed by atoms with Crippen LogP contribution in [0.25, 0.3) is 0 Å². The van der Waals surface area contributed by atoms with Gasteiger partial charge in [0.05, 0.1) is 6.61 Å². The number of hydrogen-bond acceptors (Lipinski definition) is 3. The maximum atomic E-state index is 9.26. The van der Waals surface area contributed by atoms with Crippen LogP contribution in [0.2, 0.25) is 0 Å². The predicted octanol–water partition coefficient (Wildman–Crippen LogP) is 2.35. The SMILES string of the molecule is CC(C)N(CCO)[C@@H]1CCCN(Cc2ccccc2)C1. The first-order chi connectivity index (χ1) is 9.70. The second kappa shape index (κ2) is 7.77. The van der Waals surface area contributed by atoms with E-state index in [9.17, 15) is 5.11 Å². The van der Waals surface area contributed by atoms with Gasteiger partial charge in [-0.25, -0.2) is 0 Å². The summed E-state index contributed by atoms with van der Waals surface area (Å²) in [5.74, 6) is 0. The molecule has 0 aliphatic carbocycles. The zero-order valence-electron chi connectivity index (χ0n) is 12.8. The van der Waals surface area contributed by atoms with Crippen LogP contribution in [0.15, 0.2) is 30.3 Å². The summed E-state index contributed by atoms with van der Waals surface area (Å²) in [5, 5.41) is 9.26. The van der Waals surface area contributed by atoms with Gasteiger partial charge in [0.1, 0.15) is 0 Å². The molecule has 1 heterocycles. The molecule has 3 nitrogen and oxygen atoms in total. The molecule has 20 heavy (non-hydrogen) atoms. The van der Waals surface area contributed by atoms with Gasteiger partial charge >= 0.3 is 0 Å². The highest BCUT2D eigenvalue weighted by Crippen LogP contribution is 2.19. The van der Waals surface area contributed by atoms with Crippen molar-refractivity contribution in [2.24, 2.45) is 0 Å². The fourth-order valence-corrected chi connectivity index (χ4v) is 3.26. The molecule has 1 saturated heterocycles. The highest BCUT2D eigenvalue weighted by molar-refractivity contribution is 5.14. The van der Waals surface area contributed by atoms with Gasteiger partial charge in [0.2, 0.25) is 0 Å². The van der Waals surface area contributed by atoms with Crippen molar-refractivity contribution in [3.63, 3.8) is 0 Å². The first-order valence-electron chi connectivity index (χ1n) is 7.83. The Morgan fingerprint density at radius 1 is 1.30 bits per heavy atom. The van der Waals surface area contributed by atoms with Crippen molar-refractivity contribution < 1.29 is 5.11 Å². The van der Waals surface area contributed by atoms with Crippen LogP contribution in [0.3, 0.4) is 0 Å². The van der Waals surface area contributed by atoms with E-state index in [4.69, 9.17) is 0 Å². The lowest BCUT2D eigenvalue weighted by molar-refractivity contribution is 0.0575. The quantitative estimate of drug-likeness (QED) is 0.864. The Labute approximate surface area is 123 Å². The van der Waals surface area contributed by atoms with Crippen LogP contribution >= 0.6 is 0 Å². The third-order valence-corrected chi connectivity index (χ3v) is 4.22. The van der Waals surface area contributed by atoms with Crippen LogP contribution in [-0.4, -0.2) is 53.2 Å². The smallest absolute Gasteiger partial charge is 0.0558 e. The van der Waals surface area contributed by atoms with Crippen molar-refractivity contribution in [1.29, 1.82) is 0 Å². The number of benzene rings is 1. The fraction of sp³-hybridized carbons (Fsp3) is 0.647. The highest BCUT2D eigenvalue weighted by Gasteiger charge is 2.26. The normalized spacial score (nSPS) is 20.8. The monoisotopic (exact) mass is 276 g/mol. The molecule has 0 bridgehead atoms. The molecule has 1 aliphatic rings. The molecule has 1 fully saturated rings. The summed E-state index contributed by atoms with van der Waals surface area (Å²) in [5.41, 5.74) is 1.39. The summed E-state index contributed by atoms with van der Waals surface area (Å²) in [6.07, 6.45) is 2.51. The minimum absolute atomic E-state index is 0.257. The number of rotatable bonds is 6. The highest BCUT2D eigenvalue weighted by atomic mass is 16.3. The number of aliphatic hydroxyl groups is 1. The third-order valence-electron chi connectivity index (χ3n) is 4.22. The van der Waals surface area contributed by atoms with Gasteiger partial charge in [0, 0.05) is 31.7 Å². The molecule has 1 N–H and O–H groups in total. The van der Waals surface area contributed by atoms with Crippen LogP contribution in [0.5, 0.6) is 0 Å². The van der Waals surface area contributed by atoms with E-state index in [0.29, 0.717) is 12.1 Å². The third kappa shape index (κ3) is 4.30. The molecule has 0 aromatic heterocycles. The summed E-state index contributed by atoms with van der Waals surface area (Å²) in [7, 11) is 0. The van der Waals surface area contributed by atoms with Crippen molar-refractivity contribution in [2.75, 3.05) is 26.2 Å². The largest absolute Gasteiger partial charge is 0.395 e. The lowest BCUT2D eigenvalue weighted by Gasteiger charge is -2.41. The molecule has 3 heteroatoms. The van der Waals surface area contributed by atoms with E-state index in [-0.39, 0.29) is 6.61 Å². The van der Waals surface area contributed by atoms with Crippen LogP contribution in [0, 0.1) is 0 Å². The second-order valence-electron chi connectivity index (χ2n) is 6.07. The molecular formula is C17H28N2O. The van der Waals surface area contributed by atoms with E-state index >= 15 is 0 Å². The van der Waals surface area contributed by atoms with Crippen molar-refractivity contribution in [1.82, 2.24) is 9.80 Å². The van der Waals surface area contributed by atoms with Crippen LogP contribution in [0.4, 0.5) is 0 Å². The lowest BCUT2D eigenvalue weighted by atomic mass is 10.0. The Bertz CT molecular complexity index is 380. The molecule has 0 amide bonds. The molecule has 1 aromatic carbocycles. The minimum atomic E-state index is 0.257. The summed E-state index contributed by atoms with van der Waals surface area (Å²) >= 11 is 0. The summed E-state index contributed by atoms with van der Waals surface area (Å²) in [6, 6.07) is 11.8. The summed E-state index contributed by atoms with van der Waals surface area (Å²) in [6.45, 7) is 8.86. The maximum Gasteiger partial charge on any atom is 0.0558 e. The van der Waals surface area contributed by atoms with Gasteiger partial charge in [-0.3, -0.25) is 9.80 Å². The van der Waals surface area contributed by atoms with E-state index in [2.05, 4.69) is 54.0 Å². The average Bonchev–Trinajstić information content (AvgIpc) is 2.46. The topological polar surface area (TPSA) is 26.7 Å². The van der Waals surface area contributed by atoms with Crippen molar-refractivity contribution >= 4 is 0 Å². The number of nitrogens with zero attached hydrogens (tertiary/aromatic N) is 2. The Hall–Kier alpha value is -0.900. The van der Waals surface area contributed by atoms with Crippen LogP contribution in [0.1, 0.15) is 32.3 Å². The Morgan fingerprint density at radius 2 is 2.05 bits per heavy atom. The van der Waals surface area contributed by atoms with Crippen molar-refractivity contribution in [2.45, 2.75) is 45.3 Å². The van der Waals surface area contributed by atoms with E-state index in [0.717, 1.165) is 19.6 Å². The van der Waals surface area contributed by atoms with Gasteiger partial charge in [-0.15, -0.1) is 0 Å². The number of aliphatic hydroxyl groups excluding tert-OH is 1. The standard InChI is InChI=1S/C17H28N2O/c1-15(2)19(11-12-20)17-9-6-10-18(14-17)13-16-7-4-3-5-8-16/h3-5,7-8,15,17,20H,6,9-14H2,1-2H3/t17-/m1/s1. The van der Waals surface area contributed by atoms with Gasteiger partial charge < -0.3 is 5.11 Å². The minimum Gasteiger partial charge on any atom is -0.395 e. The van der Waals surface area contributed by atoms with E-state index in [1.54, 1.807) is 0 Å². The van der Waals surface area contributed by atoms with Crippen LogP contribution in [-0.2, 0) is 6.54 Å². The number of likely N-dealkylation sites (tertiary alicyclic amines) is 1. The van der Waals surface area contributed by atoms with Crippen LogP contribution < -0.4 is 0 Å². The Balaban J connectivity index is 1.93. The molecular weight excluding hydrogens is 248 g/mol. The van der Waals surface area contributed by atoms with Gasteiger partial charge in [0.25, 0.3) is 0 Å². The summed E-state index contributed by atoms with van der Waals surface area (Å²) < 4.78 is 0. The van der Waals surface area contributed by atoms with Crippen molar-refractivity contribution in [3.8, 4) is 0 Å². The molecule has 2 rings (SSSR count). The number of hydrogen-bond donors (Lipinski definition) is 1. The molecule has 1 atom stereocenters. The molecule has 112 valence electrons. The first-order valence-corrected chi connectivity index (χ1v) is 7.83. The molecule has 0 radical (unpaired) electrons. The molecule has 1 aliphatic heterocycles. The predicted molar refractivity (Wildman–Crippen MR) is 83.7 cm³/mol. The van der Waals surface area contributed by atoms with Gasteiger partial charge in [-0.2, -0.15) is 0 Å². The Morgan fingerprint density at radius 3 is 2.70 bits per heavy atom. The van der Waals surface area contributed by atoms with Gasteiger partial charge in [-0.05, 0) is 38.8 Å². The zero-order chi connectivity index (χ0) is 14.4.